The lowest BCUT2D eigenvalue weighted by Crippen LogP contribution is -2.35. The molecule has 3 rings (SSSR count). The van der Waals surface area contributed by atoms with Gasteiger partial charge in [0.25, 0.3) is 0 Å². The number of ether oxygens (including phenoxy) is 1. The molecule has 0 saturated carbocycles. The molecule has 1 unspecified atom stereocenters. The topological polar surface area (TPSA) is 89.5 Å². The van der Waals surface area contributed by atoms with Crippen molar-refractivity contribution in [3.8, 4) is 0 Å². The van der Waals surface area contributed by atoms with Gasteiger partial charge in [-0.25, -0.2) is 18.2 Å². The lowest BCUT2D eigenvalue weighted by atomic mass is 10.2. The Morgan fingerprint density at radius 2 is 1.96 bits per heavy atom. The highest BCUT2D eigenvalue weighted by Gasteiger charge is 2.33. The summed E-state index contributed by atoms with van der Waals surface area (Å²) >= 11 is 0. The molecule has 1 aromatic heterocycles. The number of benzene rings is 1. The molecule has 1 aromatic carbocycles. The van der Waals surface area contributed by atoms with E-state index in [0.29, 0.717) is 30.5 Å². The smallest absolute Gasteiger partial charge is 0.410 e. The Morgan fingerprint density at radius 3 is 2.65 bits per heavy atom. The van der Waals surface area contributed by atoms with Crippen LogP contribution in [-0.2, 0) is 14.6 Å². The second kappa shape index (κ2) is 6.83. The number of fused-ring (bicyclic) bond motifs is 1. The number of aromatic nitrogens is 2. The predicted octanol–water partition coefficient (Wildman–Crippen LogP) is 2.66. The minimum atomic E-state index is -3.57. The lowest BCUT2D eigenvalue weighted by molar-refractivity contribution is 0.0289. The van der Waals surface area contributed by atoms with Gasteiger partial charge in [0.2, 0.25) is 0 Å². The van der Waals surface area contributed by atoms with Gasteiger partial charge in [0.1, 0.15) is 5.60 Å². The van der Waals surface area contributed by atoms with Crippen LogP contribution < -0.4 is 0 Å². The summed E-state index contributed by atoms with van der Waals surface area (Å²) in [4.78, 5) is 22.1. The molecule has 2 aromatic rings. The number of hydrogen-bond acceptors (Lipinski definition) is 6. The van der Waals surface area contributed by atoms with E-state index < -0.39 is 21.5 Å². The number of amides is 1. The summed E-state index contributed by atoms with van der Waals surface area (Å²) in [7, 11) is -3.57. The first-order valence-corrected chi connectivity index (χ1v) is 10.2. The zero-order chi connectivity index (χ0) is 18.9. The number of hydrogen-bond donors (Lipinski definition) is 0. The van der Waals surface area contributed by atoms with E-state index in [1.807, 2.05) is 6.07 Å². The highest BCUT2D eigenvalue weighted by molar-refractivity contribution is 7.91. The number of carbonyl (C=O) groups is 1. The Hall–Kier alpha value is -2.22. The van der Waals surface area contributed by atoms with Crippen molar-refractivity contribution in [3.05, 3.63) is 30.5 Å². The Bertz CT molecular complexity index is 921. The molecule has 1 amide bonds. The Morgan fingerprint density at radius 1 is 1.27 bits per heavy atom. The number of nitrogens with zero attached hydrogens (tertiary/aromatic N) is 3. The van der Waals surface area contributed by atoms with Crippen molar-refractivity contribution in [2.24, 2.45) is 5.92 Å². The van der Waals surface area contributed by atoms with Crippen molar-refractivity contribution >= 4 is 27.0 Å². The maximum Gasteiger partial charge on any atom is 0.410 e. The second-order valence-electron chi connectivity index (χ2n) is 7.56. The van der Waals surface area contributed by atoms with Gasteiger partial charge in [0.15, 0.2) is 14.9 Å². The molecule has 1 aliphatic rings. The number of sulfone groups is 1. The third kappa shape index (κ3) is 4.30. The van der Waals surface area contributed by atoms with Crippen molar-refractivity contribution in [2.75, 3.05) is 18.8 Å². The van der Waals surface area contributed by atoms with Crippen molar-refractivity contribution in [1.29, 1.82) is 0 Å². The van der Waals surface area contributed by atoms with Crippen molar-refractivity contribution in [2.45, 2.75) is 37.8 Å². The van der Waals surface area contributed by atoms with Gasteiger partial charge < -0.3 is 9.64 Å². The van der Waals surface area contributed by atoms with E-state index in [1.165, 1.54) is 6.20 Å². The third-order valence-electron chi connectivity index (χ3n) is 4.14. The Kier molecular flexibility index (Phi) is 4.88. The van der Waals surface area contributed by atoms with E-state index in [2.05, 4.69) is 9.97 Å². The Labute approximate surface area is 153 Å². The zero-order valence-electron chi connectivity index (χ0n) is 15.2. The largest absolute Gasteiger partial charge is 0.444 e. The lowest BCUT2D eigenvalue weighted by Gasteiger charge is -2.24. The average molecular weight is 377 g/mol. The molecule has 8 heteroatoms. The fourth-order valence-corrected chi connectivity index (χ4v) is 4.46. The third-order valence-corrected chi connectivity index (χ3v) is 5.88. The number of rotatable bonds is 3. The summed E-state index contributed by atoms with van der Waals surface area (Å²) < 4.78 is 30.7. The minimum absolute atomic E-state index is 0.0214. The summed E-state index contributed by atoms with van der Waals surface area (Å²) in [6, 6.07) is 7.15. The molecule has 0 radical (unpaired) electrons. The number of likely N-dealkylation sites (tertiary alicyclic amines) is 1. The Balaban J connectivity index is 1.69. The van der Waals surface area contributed by atoms with E-state index in [-0.39, 0.29) is 16.7 Å². The summed E-state index contributed by atoms with van der Waals surface area (Å²) in [6.45, 7) is 6.29. The van der Waals surface area contributed by atoms with Crippen LogP contribution in [0, 0.1) is 5.92 Å². The van der Waals surface area contributed by atoms with Crippen LogP contribution in [0.25, 0.3) is 11.0 Å². The van der Waals surface area contributed by atoms with Crippen LogP contribution in [0.15, 0.2) is 35.5 Å². The highest BCUT2D eigenvalue weighted by Crippen LogP contribution is 2.23. The molecular formula is C18H23N3O4S. The first kappa shape index (κ1) is 18.6. The first-order valence-electron chi connectivity index (χ1n) is 8.56. The van der Waals surface area contributed by atoms with Gasteiger partial charge in [-0.2, -0.15) is 0 Å². The van der Waals surface area contributed by atoms with E-state index in [0.717, 1.165) is 0 Å². The van der Waals surface area contributed by atoms with Gasteiger partial charge in [-0.05, 0) is 45.2 Å². The minimum Gasteiger partial charge on any atom is -0.444 e. The van der Waals surface area contributed by atoms with Crippen molar-refractivity contribution in [3.63, 3.8) is 0 Å². The molecule has 7 nitrogen and oxygen atoms in total. The molecule has 0 spiro atoms. The fourth-order valence-electron chi connectivity index (χ4n) is 2.95. The second-order valence-corrected chi connectivity index (χ2v) is 9.54. The van der Waals surface area contributed by atoms with Gasteiger partial charge in [-0.1, -0.05) is 12.1 Å². The van der Waals surface area contributed by atoms with Crippen LogP contribution in [-0.4, -0.2) is 53.8 Å². The molecule has 1 atom stereocenters. The van der Waals surface area contributed by atoms with Crippen LogP contribution >= 0.6 is 0 Å². The molecular weight excluding hydrogens is 354 g/mol. The summed E-state index contributed by atoms with van der Waals surface area (Å²) in [5.74, 6) is -0.194. The SMILES string of the molecule is CC(C)(C)OC(=O)N1CCC(CS(=O)(=O)c2cnc3ccccc3n2)C1. The fraction of sp³-hybridized carbons (Fsp3) is 0.500. The molecule has 26 heavy (non-hydrogen) atoms. The number of carbonyl (C=O) groups excluding carboxylic acids is 1. The first-order chi connectivity index (χ1) is 12.1. The van der Waals surface area contributed by atoms with Gasteiger partial charge in [-0.3, -0.25) is 4.98 Å². The predicted molar refractivity (Wildman–Crippen MR) is 97.5 cm³/mol. The van der Waals surface area contributed by atoms with Gasteiger partial charge in [-0.15, -0.1) is 0 Å². The maximum absolute atomic E-state index is 12.7. The molecule has 1 saturated heterocycles. The zero-order valence-corrected chi connectivity index (χ0v) is 16.0. The monoisotopic (exact) mass is 377 g/mol. The van der Waals surface area contributed by atoms with E-state index >= 15 is 0 Å². The van der Waals surface area contributed by atoms with E-state index in [4.69, 9.17) is 4.74 Å². The van der Waals surface area contributed by atoms with Crippen molar-refractivity contribution < 1.29 is 17.9 Å². The van der Waals surface area contributed by atoms with Crippen LogP contribution in [0.1, 0.15) is 27.2 Å². The van der Waals surface area contributed by atoms with Gasteiger partial charge >= 0.3 is 6.09 Å². The molecule has 1 fully saturated rings. The molecule has 1 aliphatic heterocycles. The molecule has 0 bridgehead atoms. The van der Waals surface area contributed by atoms with Crippen LogP contribution in [0.4, 0.5) is 4.79 Å². The van der Waals surface area contributed by atoms with E-state index in [1.54, 1.807) is 43.9 Å². The molecule has 0 N–H and O–H groups in total. The van der Waals surface area contributed by atoms with Gasteiger partial charge in [0.05, 0.1) is 23.0 Å². The molecule has 140 valence electrons. The average Bonchev–Trinajstić information content (AvgIpc) is 3.01. The molecule has 0 aliphatic carbocycles. The van der Waals surface area contributed by atoms with Crippen LogP contribution in [0.2, 0.25) is 0 Å². The van der Waals surface area contributed by atoms with Gasteiger partial charge in [0, 0.05) is 13.1 Å². The number of para-hydroxylation sites is 2. The van der Waals surface area contributed by atoms with Crippen LogP contribution in [0.5, 0.6) is 0 Å². The van der Waals surface area contributed by atoms with E-state index in [9.17, 15) is 13.2 Å². The normalized spacial score (nSPS) is 18.3. The highest BCUT2D eigenvalue weighted by atomic mass is 32.2. The van der Waals surface area contributed by atoms with Crippen molar-refractivity contribution in [1.82, 2.24) is 14.9 Å². The summed E-state index contributed by atoms with van der Waals surface area (Å²) in [5.41, 5.74) is 0.640. The maximum atomic E-state index is 12.7. The molecule has 2 heterocycles. The standard InChI is InChI=1S/C18H23N3O4S/c1-18(2,3)25-17(22)21-9-8-13(11-21)12-26(23,24)16-10-19-14-6-4-5-7-15(14)20-16/h4-7,10,13H,8-9,11-12H2,1-3H3. The van der Waals surface area contributed by atoms with Crippen LogP contribution in [0.3, 0.4) is 0 Å². The quantitative estimate of drug-likeness (QED) is 0.817. The summed E-state index contributed by atoms with van der Waals surface area (Å²) in [6.07, 6.45) is 1.53. The summed E-state index contributed by atoms with van der Waals surface area (Å²) in [5, 5.41) is -0.0214.